The number of thioether (sulfide) groups is 1. The van der Waals surface area contributed by atoms with Gasteiger partial charge in [-0.2, -0.15) is 4.67 Å². The van der Waals surface area contributed by atoms with E-state index < -0.39 is 8.16 Å². The zero-order valence-corrected chi connectivity index (χ0v) is 34.6. The summed E-state index contributed by atoms with van der Waals surface area (Å²) >= 11 is 5.61. The van der Waals surface area contributed by atoms with Gasteiger partial charge in [-0.3, -0.25) is 0 Å². The zero-order valence-electron chi connectivity index (χ0n) is 31.3. The third-order valence-electron chi connectivity index (χ3n) is 11.3. The van der Waals surface area contributed by atoms with Crippen LogP contribution in [0.5, 0.6) is 0 Å². The van der Waals surface area contributed by atoms with E-state index in [4.69, 9.17) is 8.39 Å². The minimum atomic E-state index is -1.66. The standard InChI is InChI=1S/C49H45BrNO2PS/c1-33-30-38-22-12-14-24-42(38)44-45-43-25-15-13-23-39(43)31-34(2)48(45)53-54(52-47(33)44)51(32-35-16-6-3-7-17-35)46(36-18-8-4-9-19-36)49(37-20-10-5-11-21-37)55-41-28-26-40(50)27-29-41/h4-5,8-15,18-31,35,46,49H,3,6-7,16-17,32H2,1-2H3/t46-,49+/m0/s1. The number of hydrogen-bond donors (Lipinski definition) is 0. The van der Waals surface area contributed by atoms with Gasteiger partial charge >= 0.3 is 8.16 Å². The molecule has 1 saturated carbocycles. The highest BCUT2D eigenvalue weighted by molar-refractivity contribution is 9.10. The predicted octanol–water partition coefficient (Wildman–Crippen LogP) is 15.8. The Morgan fingerprint density at radius 1 is 0.636 bits per heavy atom. The molecule has 1 aliphatic carbocycles. The highest BCUT2D eigenvalue weighted by atomic mass is 79.9. The van der Waals surface area contributed by atoms with Crippen molar-refractivity contribution in [2.75, 3.05) is 11.2 Å². The molecule has 2 atom stereocenters. The van der Waals surface area contributed by atoms with Gasteiger partial charge in [0.05, 0.1) is 11.3 Å². The van der Waals surface area contributed by atoms with Crippen LogP contribution in [0.4, 0.5) is 0 Å². The van der Waals surface area contributed by atoms with Gasteiger partial charge in [-0.05, 0) is 113 Å². The molecule has 1 aromatic heterocycles. The second-order valence-corrected chi connectivity index (χ2v) is 18.5. The second kappa shape index (κ2) is 16.1. The van der Waals surface area contributed by atoms with Crippen LogP contribution in [-0.4, -0.2) is 6.54 Å². The predicted molar refractivity (Wildman–Crippen MR) is 239 cm³/mol. The largest absolute Gasteiger partial charge is 0.407 e. The van der Waals surface area contributed by atoms with Gasteiger partial charge in [-0.25, -0.2) is 0 Å². The number of nitrogens with zero attached hydrogens (tertiary/aromatic N) is 1. The van der Waals surface area contributed by atoms with Crippen molar-refractivity contribution in [2.24, 2.45) is 5.92 Å². The fourth-order valence-corrected chi connectivity index (χ4v) is 12.2. The molecule has 0 saturated heterocycles. The molecule has 0 unspecified atom stereocenters. The van der Waals surface area contributed by atoms with E-state index in [0.29, 0.717) is 5.92 Å². The summed E-state index contributed by atoms with van der Waals surface area (Å²) in [7, 11) is -1.66. The van der Waals surface area contributed by atoms with Crippen molar-refractivity contribution in [3.8, 4) is 0 Å². The normalized spacial score (nSPS) is 14.9. The summed E-state index contributed by atoms with van der Waals surface area (Å²) in [6.45, 7) is 5.30. The third-order valence-corrected chi connectivity index (χ3v) is 14.7. The van der Waals surface area contributed by atoms with Crippen LogP contribution in [0.15, 0.2) is 163 Å². The summed E-state index contributed by atoms with van der Waals surface area (Å²) in [6, 6.07) is 53.0. The Morgan fingerprint density at radius 2 is 1.15 bits per heavy atom. The lowest BCUT2D eigenvalue weighted by molar-refractivity contribution is 0.351. The van der Waals surface area contributed by atoms with Crippen LogP contribution in [-0.2, 0) is 0 Å². The van der Waals surface area contributed by atoms with Crippen LogP contribution in [0.25, 0.3) is 43.5 Å². The number of rotatable bonds is 9. The number of hydrogen-bond acceptors (Lipinski definition) is 4. The number of benzene rings is 7. The monoisotopic (exact) mass is 821 g/mol. The van der Waals surface area contributed by atoms with Crippen LogP contribution >= 0.6 is 35.9 Å². The van der Waals surface area contributed by atoms with Crippen molar-refractivity contribution in [1.29, 1.82) is 0 Å². The molecule has 0 N–H and O–H groups in total. The first kappa shape index (κ1) is 36.4. The fraction of sp³-hybridized carbons (Fsp3) is 0.224. The number of aryl methyl sites for hydroxylation is 2. The van der Waals surface area contributed by atoms with E-state index in [1.807, 2.05) is 11.8 Å². The SMILES string of the molecule is Cc1cc2ccccc2c2c1op(N(CC1CCCCC1)[C@@H](c1ccccc1)[C@H](Sc1ccc(Br)cc1)c1ccccc1)oc1c(C)cc3ccccc3c12. The quantitative estimate of drug-likeness (QED) is 0.136. The second-order valence-electron chi connectivity index (χ2n) is 15.0. The Kier molecular flexibility index (Phi) is 10.6. The molecule has 1 heterocycles. The smallest absolute Gasteiger partial charge is 0.310 e. The van der Waals surface area contributed by atoms with Gasteiger partial charge in [-0.15, -0.1) is 11.8 Å². The first-order valence-corrected chi connectivity index (χ1v) is 22.3. The summed E-state index contributed by atoms with van der Waals surface area (Å²) in [6.07, 6.45) is 6.29. The Bertz CT molecular complexity index is 2540. The van der Waals surface area contributed by atoms with Gasteiger partial charge in [-0.1, -0.05) is 144 Å². The Morgan fingerprint density at radius 3 is 1.71 bits per heavy atom. The number of fused-ring (bicyclic) bond motifs is 7. The molecule has 0 amide bonds. The molecular weight excluding hydrogens is 777 g/mol. The van der Waals surface area contributed by atoms with Crippen molar-refractivity contribution in [1.82, 2.24) is 0 Å². The molecule has 1 fully saturated rings. The lowest BCUT2D eigenvalue weighted by atomic mass is 9.88. The molecule has 55 heavy (non-hydrogen) atoms. The van der Waals surface area contributed by atoms with E-state index >= 15 is 0 Å². The summed E-state index contributed by atoms with van der Waals surface area (Å²) in [5.41, 5.74) is 6.66. The summed E-state index contributed by atoms with van der Waals surface area (Å²) in [4.78, 5) is 1.23. The molecule has 9 rings (SSSR count). The zero-order chi connectivity index (χ0) is 37.3. The third kappa shape index (κ3) is 7.41. The Hall–Kier alpha value is -4.25. The van der Waals surface area contributed by atoms with Crippen LogP contribution in [0, 0.1) is 19.8 Å². The summed E-state index contributed by atoms with van der Waals surface area (Å²) in [5, 5.41) is 7.10. The van der Waals surface area contributed by atoms with E-state index in [9.17, 15) is 0 Å². The number of halogens is 1. The molecule has 7 aromatic carbocycles. The van der Waals surface area contributed by atoms with Gasteiger partial charge in [0.2, 0.25) is 0 Å². The fourth-order valence-electron chi connectivity index (χ4n) is 8.64. The van der Waals surface area contributed by atoms with E-state index in [1.165, 1.54) is 69.7 Å². The van der Waals surface area contributed by atoms with Gasteiger partial charge in [0.15, 0.2) is 0 Å². The topological polar surface area (TPSA) is 29.5 Å². The molecule has 0 aliphatic heterocycles. The van der Waals surface area contributed by atoms with Crippen molar-refractivity contribution < 1.29 is 8.39 Å². The molecule has 276 valence electrons. The molecular formula is C49H45BrNO2PS. The van der Waals surface area contributed by atoms with Crippen molar-refractivity contribution in [2.45, 2.75) is 62.1 Å². The van der Waals surface area contributed by atoms with Gasteiger partial charge in [0.1, 0.15) is 11.2 Å². The maximum Gasteiger partial charge on any atom is 0.310 e. The molecule has 3 nitrogen and oxygen atoms in total. The molecule has 0 spiro atoms. The first-order chi connectivity index (χ1) is 27.0. The lowest BCUT2D eigenvalue weighted by Crippen LogP contribution is -2.34. The van der Waals surface area contributed by atoms with Crippen LogP contribution in [0.2, 0.25) is 0 Å². The van der Waals surface area contributed by atoms with Gasteiger partial charge in [0.25, 0.3) is 0 Å². The Balaban J connectivity index is 1.38. The van der Waals surface area contributed by atoms with E-state index in [2.05, 4.69) is 180 Å². The van der Waals surface area contributed by atoms with Crippen LogP contribution in [0.3, 0.4) is 0 Å². The van der Waals surface area contributed by atoms with Gasteiger partial charge in [0, 0.05) is 26.7 Å². The van der Waals surface area contributed by atoms with E-state index in [-0.39, 0.29) is 11.3 Å². The maximum absolute atomic E-state index is 7.59. The van der Waals surface area contributed by atoms with Crippen LogP contribution in [0.1, 0.15) is 65.6 Å². The minimum Gasteiger partial charge on any atom is -0.407 e. The average Bonchev–Trinajstić information content (AvgIpc) is 3.41. The molecule has 8 aromatic rings. The molecule has 6 heteroatoms. The Labute approximate surface area is 337 Å². The van der Waals surface area contributed by atoms with Crippen molar-refractivity contribution in [3.63, 3.8) is 0 Å². The van der Waals surface area contributed by atoms with Crippen LogP contribution < -0.4 is 4.67 Å². The van der Waals surface area contributed by atoms with Crippen molar-refractivity contribution in [3.05, 3.63) is 172 Å². The van der Waals surface area contributed by atoms with Crippen molar-refractivity contribution >= 4 is 79.3 Å². The summed E-state index contributed by atoms with van der Waals surface area (Å²) < 4.78 is 18.9. The molecule has 0 bridgehead atoms. The van der Waals surface area contributed by atoms with Gasteiger partial charge < -0.3 is 8.39 Å². The highest BCUT2D eigenvalue weighted by Crippen LogP contribution is 2.53. The molecule has 1 aliphatic rings. The highest BCUT2D eigenvalue weighted by Gasteiger charge is 2.37. The van der Waals surface area contributed by atoms with E-state index in [0.717, 1.165) is 44.1 Å². The average molecular weight is 823 g/mol. The van der Waals surface area contributed by atoms with E-state index in [1.54, 1.807) is 0 Å². The first-order valence-electron chi connectivity index (χ1n) is 19.5. The summed E-state index contributed by atoms with van der Waals surface area (Å²) in [5.74, 6) is 0.543. The minimum absolute atomic E-state index is 0.0423. The molecule has 0 radical (unpaired) electrons. The maximum atomic E-state index is 7.59. The lowest BCUT2D eigenvalue weighted by Gasteiger charge is -2.37.